The summed E-state index contributed by atoms with van der Waals surface area (Å²) >= 11 is 0. The van der Waals surface area contributed by atoms with E-state index in [0.29, 0.717) is 0 Å². The molecule has 0 N–H and O–H groups in total. The first-order chi connectivity index (χ1) is 4.48. The van der Waals surface area contributed by atoms with Crippen molar-refractivity contribution in [1.29, 1.82) is 0 Å². The van der Waals surface area contributed by atoms with Gasteiger partial charge in [0.15, 0.2) is 0 Å². The van der Waals surface area contributed by atoms with Gasteiger partial charge in [-0.15, -0.1) is 12.3 Å². The van der Waals surface area contributed by atoms with Crippen LogP contribution in [0, 0.1) is 5.41 Å². The molecule has 0 aromatic carbocycles. The van der Waals surface area contributed by atoms with Crippen LogP contribution < -0.4 is 0 Å². The molecule has 0 aliphatic heterocycles. The van der Waals surface area contributed by atoms with E-state index in [9.17, 15) is 0 Å². The molecular formula is C10H16. The molecule has 0 bridgehead atoms. The van der Waals surface area contributed by atoms with Crippen LogP contribution in [0.3, 0.4) is 0 Å². The Labute approximate surface area is 64.0 Å². The molecule has 0 aliphatic rings. The standard InChI is InChI=1S/C10H16/c1-6-7-10(4,5)8-9(2)3/h7H,1-2,8H2,3-5H3. The van der Waals surface area contributed by atoms with Gasteiger partial charge < -0.3 is 0 Å². The number of allylic oxidation sites excluding steroid dienone is 2. The van der Waals surface area contributed by atoms with Gasteiger partial charge in [0.25, 0.3) is 0 Å². The second-order valence-corrected chi connectivity index (χ2v) is 3.47. The van der Waals surface area contributed by atoms with Gasteiger partial charge in [-0.05, 0) is 24.8 Å². The van der Waals surface area contributed by atoms with Crippen molar-refractivity contribution in [3.05, 3.63) is 30.5 Å². The van der Waals surface area contributed by atoms with Crippen LogP contribution >= 0.6 is 0 Å². The maximum Gasteiger partial charge on any atom is -0.00624 e. The number of hydrogen-bond donors (Lipinski definition) is 0. The molecule has 0 fully saturated rings. The molecule has 0 heterocycles. The molecule has 0 saturated heterocycles. The predicted molar refractivity (Wildman–Crippen MR) is 46.9 cm³/mol. The molecule has 0 atom stereocenters. The lowest BCUT2D eigenvalue weighted by atomic mass is 9.86. The Morgan fingerprint density at radius 1 is 1.60 bits per heavy atom. The zero-order chi connectivity index (χ0) is 8.20. The lowest BCUT2D eigenvalue weighted by molar-refractivity contribution is 0.477. The molecular weight excluding hydrogens is 120 g/mol. The molecule has 10 heavy (non-hydrogen) atoms. The topological polar surface area (TPSA) is 0 Å². The third-order valence-corrected chi connectivity index (χ3v) is 1.25. The average molecular weight is 136 g/mol. The highest BCUT2D eigenvalue weighted by Crippen LogP contribution is 2.24. The van der Waals surface area contributed by atoms with Gasteiger partial charge in [0.05, 0.1) is 0 Å². The molecule has 0 unspecified atom stereocenters. The van der Waals surface area contributed by atoms with Gasteiger partial charge in [0.2, 0.25) is 0 Å². The molecule has 0 spiro atoms. The summed E-state index contributed by atoms with van der Waals surface area (Å²) in [5.74, 6) is 0. The summed E-state index contributed by atoms with van der Waals surface area (Å²) in [6.45, 7) is 13.7. The van der Waals surface area contributed by atoms with E-state index in [1.54, 1.807) is 0 Å². The highest BCUT2D eigenvalue weighted by atomic mass is 14.2. The largest absolute Gasteiger partial charge is 0.132 e. The van der Waals surface area contributed by atoms with E-state index in [0.717, 1.165) is 6.42 Å². The number of rotatable bonds is 3. The van der Waals surface area contributed by atoms with Gasteiger partial charge in [-0.3, -0.25) is 0 Å². The first kappa shape index (κ1) is 9.26. The fourth-order valence-corrected chi connectivity index (χ4v) is 1.11. The molecule has 0 heteroatoms. The van der Waals surface area contributed by atoms with Crippen LogP contribution in [0.4, 0.5) is 0 Å². The summed E-state index contributed by atoms with van der Waals surface area (Å²) in [4.78, 5) is 0. The highest BCUT2D eigenvalue weighted by molar-refractivity contribution is 5.01. The molecule has 56 valence electrons. The van der Waals surface area contributed by atoms with Gasteiger partial charge in [0, 0.05) is 0 Å². The van der Waals surface area contributed by atoms with Crippen LogP contribution in [-0.4, -0.2) is 0 Å². The highest BCUT2D eigenvalue weighted by Gasteiger charge is 2.12. The first-order valence-corrected chi connectivity index (χ1v) is 3.49. The molecule has 0 radical (unpaired) electrons. The Balaban J connectivity index is 4.12. The van der Waals surface area contributed by atoms with Gasteiger partial charge in [0.1, 0.15) is 0 Å². The van der Waals surface area contributed by atoms with Crippen LogP contribution in [0.15, 0.2) is 30.5 Å². The van der Waals surface area contributed by atoms with E-state index in [1.165, 1.54) is 5.57 Å². The third kappa shape index (κ3) is 4.17. The minimum Gasteiger partial charge on any atom is -0.132 e. The average Bonchev–Trinajstić information content (AvgIpc) is 1.59. The Hall–Kier alpha value is -0.740. The molecule has 0 amide bonds. The Morgan fingerprint density at radius 3 is 2.40 bits per heavy atom. The zero-order valence-electron chi connectivity index (χ0n) is 7.20. The van der Waals surface area contributed by atoms with E-state index in [-0.39, 0.29) is 5.41 Å². The second kappa shape index (κ2) is 3.43. The Morgan fingerprint density at radius 2 is 2.10 bits per heavy atom. The molecule has 0 aromatic heterocycles. The van der Waals surface area contributed by atoms with Gasteiger partial charge in [-0.1, -0.05) is 26.0 Å². The molecule has 0 aliphatic carbocycles. The van der Waals surface area contributed by atoms with Crippen molar-refractivity contribution in [2.24, 2.45) is 5.41 Å². The van der Waals surface area contributed by atoms with Crippen LogP contribution in [0.5, 0.6) is 0 Å². The fourth-order valence-electron chi connectivity index (χ4n) is 1.11. The molecule has 0 nitrogen and oxygen atoms in total. The van der Waals surface area contributed by atoms with Crippen molar-refractivity contribution in [3.63, 3.8) is 0 Å². The Bertz CT molecular complexity index is 166. The van der Waals surface area contributed by atoms with Crippen molar-refractivity contribution >= 4 is 0 Å². The van der Waals surface area contributed by atoms with E-state index in [1.807, 2.05) is 13.0 Å². The third-order valence-electron chi connectivity index (χ3n) is 1.25. The zero-order valence-corrected chi connectivity index (χ0v) is 7.20. The van der Waals surface area contributed by atoms with E-state index >= 15 is 0 Å². The fraction of sp³-hybridized carbons (Fsp3) is 0.500. The smallest absolute Gasteiger partial charge is 0.00624 e. The molecule has 0 saturated carbocycles. The number of hydrogen-bond acceptors (Lipinski definition) is 0. The quantitative estimate of drug-likeness (QED) is 0.412. The van der Waals surface area contributed by atoms with Gasteiger partial charge in [-0.25, -0.2) is 0 Å². The summed E-state index contributed by atoms with van der Waals surface area (Å²) in [7, 11) is 0. The van der Waals surface area contributed by atoms with Crippen LogP contribution in [0.25, 0.3) is 0 Å². The van der Waals surface area contributed by atoms with Crippen LogP contribution in [-0.2, 0) is 0 Å². The monoisotopic (exact) mass is 136 g/mol. The predicted octanol–water partition coefficient (Wildman–Crippen LogP) is 3.32. The summed E-state index contributed by atoms with van der Waals surface area (Å²) in [5, 5.41) is 0. The second-order valence-electron chi connectivity index (χ2n) is 3.47. The Kier molecular flexibility index (Phi) is 3.18. The normalized spacial score (nSPS) is 10.3. The summed E-state index contributed by atoms with van der Waals surface area (Å²) in [6.07, 6.45) is 3.00. The van der Waals surface area contributed by atoms with Crippen molar-refractivity contribution in [3.8, 4) is 0 Å². The minimum atomic E-state index is 0.174. The lowest BCUT2D eigenvalue weighted by Gasteiger charge is -2.18. The SMILES string of the molecule is C=C=CC(C)(C)CC(=C)C. The maximum absolute atomic E-state index is 3.85. The maximum atomic E-state index is 3.85. The molecule has 0 aromatic rings. The van der Waals surface area contributed by atoms with Gasteiger partial charge in [-0.2, -0.15) is 0 Å². The van der Waals surface area contributed by atoms with Crippen molar-refractivity contribution in [2.75, 3.05) is 0 Å². The minimum absolute atomic E-state index is 0.174. The van der Waals surface area contributed by atoms with Gasteiger partial charge >= 0.3 is 0 Å². The van der Waals surface area contributed by atoms with Crippen molar-refractivity contribution in [2.45, 2.75) is 27.2 Å². The van der Waals surface area contributed by atoms with E-state index in [2.05, 4.69) is 32.7 Å². The van der Waals surface area contributed by atoms with Crippen molar-refractivity contribution < 1.29 is 0 Å². The lowest BCUT2D eigenvalue weighted by Crippen LogP contribution is -2.06. The van der Waals surface area contributed by atoms with Crippen LogP contribution in [0.1, 0.15) is 27.2 Å². The molecule has 0 rings (SSSR count). The summed E-state index contributed by atoms with van der Waals surface area (Å²) < 4.78 is 0. The first-order valence-electron chi connectivity index (χ1n) is 3.49. The summed E-state index contributed by atoms with van der Waals surface area (Å²) in [6, 6.07) is 0. The van der Waals surface area contributed by atoms with Crippen LogP contribution in [0.2, 0.25) is 0 Å². The van der Waals surface area contributed by atoms with E-state index in [4.69, 9.17) is 0 Å². The summed E-state index contributed by atoms with van der Waals surface area (Å²) in [5.41, 5.74) is 4.18. The van der Waals surface area contributed by atoms with E-state index < -0.39 is 0 Å². The van der Waals surface area contributed by atoms with Crippen molar-refractivity contribution in [1.82, 2.24) is 0 Å².